The predicted octanol–water partition coefficient (Wildman–Crippen LogP) is 1.87. The first-order chi connectivity index (χ1) is 8.66. The van der Waals surface area contributed by atoms with E-state index in [1.54, 1.807) is 10.7 Å². The van der Waals surface area contributed by atoms with Crippen LogP contribution < -0.4 is 11.5 Å². The first-order valence-electron chi connectivity index (χ1n) is 5.62. The molecule has 1 aromatic carbocycles. The summed E-state index contributed by atoms with van der Waals surface area (Å²) in [5.74, 6) is 0.590. The third-order valence-corrected chi connectivity index (χ3v) is 2.95. The van der Waals surface area contributed by atoms with E-state index in [1.165, 1.54) is 0 Å². The van der Waals surface area contributed by atoms with Gasteiger partial charge in [-0.1, -0.05) is 12.1 Å². The molecule has 3 rings (SSSR count). The maximum Gasteiger partial charge on any atom is 0.157 e. The lowest BCUT2D eigenvalue weighted by Crippen LogP contribution is -2.05. The molecule has 0 fully saturated rings. The fourth-order valence-electron chi connectivity index (χ4n) is 2.09. The minimum Gasteiger partial charge on any atom is -0.399 e. The topological polar surface area (TPSA) is 82.2 Å². The Bertz CT molecular complexity index is 712. The van der Waals surface area contributed by atoms with Crippen molar-refractivity contribution < 1.29 is 0 Å². The molecule has 5 heteroatoms. The number of hydrogen-bond donors (Lipinski definition) is 2. The summed E-state index contributed by atoms with van der Waals surface area (Å²) in [6.07, 6.45) is 1.69. The van der Waals surface area contributed by atoms with Crippen molar-refractivity contribution in [3.05, 3.63) is 42.2 Å². The molecule has 0 aliphatic rings. The van der Waals surface area contributed by atoms with Gasteiger partial charge >= 0.3 is 0 Å². The summed E-state index contributed by atoms with van der Waals surface area (Å²) in [7, 11) is 0. The molecule has 0 saturated carbocycles. The molecule has 0 spiro atoms. The lowest BCUT2D eigenvalue weighted by atomic mass is 10.0. The van der Waals surface area contributed by atoms with E-state index in [1.807, 2.05) is 37.3 Å². The molecule has 4 N–H and O–H groups in total. The van der Waals surface area contributed by atoms with Crippen molar-refractivity contribution in [3.8, 4) is 11.1 Å². The average molecular weight is 239 g/mol. The predicted molar refractivity (Wildman–Crippen MR) is 72.0 cm³/mol. The molecule has 0 aliphatic carbocycles. The molecule has 3 aromatic rings. The van der Waals surface area contributed by atoms with Crippen LogP contribution in [-0.4, -0.2) is 14.6 Å². The highest BCUT2D eigenvalue weighted by molar-refractivity contribution is 5.78. The molecule has 18 heavy (non-hydrogen) atoms. The Morgan fingerprint density at radius 1 is 1.06 bits per heavy atom. The summed E-state index contributed by atoms with van der Waals surface area (Å²) in [5, 5.41) is 4.17. The van der Waals surface area contributed by atoms with Crippen LogP contribution in [0.15, 0.2) is 36.5 Å². The van der Waals surface area contributed by atoms with Gasteiger partial charge in [0.05, 0.1) is 11.9 Å². The number of aromatic nitrogens is 3. The van der Waals surface area contributed by atoms with Gasteiger partial charge in [-0.15, -0.1) is 0 Å². The minimum atomic E-state index is 0.590. The van der Waals surface area contributed by atoms with E-state index in [-0.39, 0.29) is 0 Å². The number of fused-ring (bicyclic) bond motifs is 1. The molecular weight excluding hydrogens is 226 g/mol. The van der Waals surface area contributed by atoms with Gasteiger partial charge in [-0.25, -0.2) is 4.98 Å². The average Bonchev–Trinajstić information content (AvgIpc) is 2.80. The van der Waals surface area contributed by atoms with Gasteiger partial charge in [0.15, 0.2) is 5.65 Å². The van der Waals surface area contributed by atoms with Gasteiger partial charge in [-0.3, -0.25) is 0 Å². The second kappa shape index (κ2) is 3.73. The van der Waals surface area contributed by atoms with E-state index < -0.39 is 0 Å². The van der Waals surface area contributed by atoms with Gasteiger partial charge in [0, 0.05) is 17.3 Å². The van der Waals surface area contributed by atoms with Crippen LogP contribution in [0.3, 0.4) is 0 Å². The first-order valence-corrected chi connectivity index (χ1v) is 5.62. The molecule has 0 unspecified atom stereocenters. The number of aryl methyl sites for hydroxylation is 1. The number of hydrogen-bond acceptors (Lipinski definition) is 4. The van der Waals surface area contributed by atoms with Crippen LogP contribution in [0.4, 0.5) is 11.5 Å². The third-order valence-electron chi connectivity index (χ3n) is 2.95. The quantitative estimate of drug-likeness (QED) is 0.635. The van der Waals surface area contributed by atoms with E-state index in [2.05, 4.69) is 10.1 Å². The molecule has 2 aromatic heterocycles. The van der Waals surface area contributed by atoms with E-state index in [4.69, 9.17) is 11.5 Å². The maximum atomic E-state index is 6.16. The summed E-state index contributed by atoms with van der Waals surface area (Å²) < 4.78 is 1.64. The Balaban J connectivity index is 2.30. The smallest absolute Gasteiger partial charge is 0.157 e. The van der Waals surface area contributed by atoms with Gasteiger partial charge in [0.25, 0.3) is 0 Å². The largest absolute Gasteiger partial charge is 0.399 e. The molecular formula is C13H13N5. The van der Waals surface area contributed by atoms with E-state index in [0.717, 1.165) is 28.2 Å². The number of nitrogens with zero attached hydrogens (tertiary/aromatic N) is 3. The van der Waals surface area contributed by atoms with Crippen LogP contribution in [0.1, 0.15) is 5.69 Å². The van der Waals surface area contributed by atoms with E-state index in [9.17, 15) is 0 Å². The van der Waals surface area contributed by atoms with Gasteiger partial charge in [-0.2, -0.15) is 9.61 Å². The molecule has 90 valence electrons. The second-order valence-electron chi connectivity index (χ2n) is 4.18. The Labute approximate surface area is 104 Å². The van der Waals surface area contributed by atoms with Gasteiger partial charge in [0.1, 0.15) is 5.82 Å². The molecule has 0 aliphatic heterocycles. The van der Waals surface area contributed by atoms with Gasteiger partial charge in [-0.05, 0) is 24.6 Å². The molecule has 0 bridgehead atoms. The Morgan fingerprint density at radius 3 is 2.50 bits per heavy atom. The molecule has 0 radical (unpaired) electrons. The van der Waals surface area contributed by atoms with Crippen molar-refractivity contribution in [1.82, 2.24) is 14.6 Å². The fraction of sp³-hybridized carbons (Fsp3) is 0.0769. The Hall–Kier alpha value is -2.56. The number of nitrogen functional groups attached to an aromatic ring is 2. The zero-order valence-electron chi connectivity index (χ0n) is 9.96. The van der Waals surface area contributed by atoms with Crippen molar-refractivity contribution in [3.63, 3.8) is 0 Å². The number of rotatable bonds is 1. The van der Waals surface area contributed by atoms with Crippen molar-refractivity contribution in [2.45, 2.75) is 6.92 Å². The van der Waals surface area contributed by atoms with Crippen molar-refractivity contribution in [2.75, 3.05) is 11.5 Å². The lowest BCUT2D eigenvalue weighted by molar-refractivity contribution is 0.945. The van der Waals surface area contributed by atoms with E-state index in [0.29, 0.717) is 5.82 Å². The summed E-state index contributed by atoms with van der Waals surface area (Å²) >= 11 is 0. The SMILES string of the molecule is Cc1nc2ccnn2c(N)c1-c1ccc(N)cc1. The lowest BCUT2D eigenvalue weighted by Gasteiger charge is -2.10. The van der Waals surface area contributed by atoms with Gasteiger partial charge in [0.2, 0.25) is 0 Å². The third kappa shape index (κ3) is 1.48. The zero-order valence-corrected chi connectivity index (χ0v) is 9.96. The minimum absolute atomic E-state index is 0.590. The highest BCUT2D eigenvalue weighted by Crippen LogP contribution is 2.29. The number of benzene rings is 1. The summed E-state index contributed by atoms with van der Waals surface area (Å²) in [5.41, 5.74) is 16.1. The van der Waals surface area contributed by atoms with Crippen LogP contribution in [0, 0.1) is 6.92 Å². The molecule has 0 atom stereocenters. The summed E-state index contributed by atoms with van der Waals surface area (Å²) in [6, 6.07) is 9.40. The summed E-state index contributed by atoms with van der Waals surface area (Å²) in [4.78, 5) is 4.48. The summed E-state index contributed by atoms with van der Waals surface area (Å²) in [6.45, 7) is 1.94. The number of nitrogens with two attached hydrogens (primary N) is 2. The highest BCUT2D eigenvalue weighted by atomic mass is 15.3. The molecule has 0 amide bonds. The molecule has 0 saturated heterocycles. The van der Waals surface area contributed by atoms with Crippen molar-refractivity contribution in [2.24, 2.45) is 0 Å². The van der Waals surface area contributed by atoms with Crippen LogP contribution >= 0.6 is 0 Å². The van der Waals surface area contributed by atoms with Crippen LogP contribution in [-0.2, 0) is 0 Å². The normalized spacial score (nSPS) is 10.9. The molecule has 2 heterocycles. The monoisotopic (exact) mass is 239 g/mol. The Morgan fingerprint density at radius 2 is 1.78 bits per heavy atom. The van der Waals surface area contributed by atoms with Gasteiger partial charge < -0.3 is 11.5 Å². The standard InChI is InChI=1S/C13H13N5/c1-8-12(9-2-4-10(14)5-3-9)13(15)18-11(17-8)6-7-16-18/h2-7H,14-15H2,1H3. The van der Waals surface area contributed by atoms with Crippen LogP contribution in [0.2, 0.25) is 0 Å². The van der Waals surface area contributed by atoms with Crippen molar-refractivity contribution >= 4 is 17.2 Å². The Kier molecular flexibility index (Phi) is 2.19. The number of anilines is 2. The second-order valence-corrected chi connectivity index (χ2v) is 4.18. The highest BCUT2D eigenvalue weighted by Gasteiger charge is 2.12. The van der Waals surface area contributed by atoms with Crippen molar-refractivity contribution in [1.29, 1.82) is 0 Å². The van der Waals surface area contributed by atoms with E-state index >= 15 is 0 Å². The fourth-order valence-corrected chi connectivity index (χ4v) is 2.09. The maximum absolute atomic E-state index is 6.16. The molecule has 5 nitrogen and oxygen atoms in total. The zero-order chi connectivity index (χ0) is 12.7. The van der Waals surface area contributed by atoms with Crippen LogP contribution in [0.5, 0.6) is 0 Å². The van der Waals surface area contributed by atoms with Crippen LogP contribution in [0.25, 0.3) is 16.8 Å². The first kappa shape index (κ1) is 10.6.